The summed E-state index contributed by atoms with van der Waals surface area (Å²) >= 11 is 0. The summed E-state index contributed by atoms with van der Waals surface area (Å²) in [7, 11) is 1.65. The number of hydrogen-bond donors (Lipinski definition) is 1. The van der Waals surface area contributed by atoms with Crippen molar-refractivity contribution < 1.29 is 14.3 Å². The van der Waals surface area contributed by atoms with Crippen molar-refractivity contribution in [2.45, 2.75) is 64.6 Å². The monoisotopic (exact) mass is 371 g/mol. The molecule has 1 aromatic heterocycles. The minimum Gasteiger partial charge on any atom is -0.493 e. The average Bonchev–Trinajstić information content (AvgIpc) is 3.32. The molecule has 0 radical (unpaired) electrons. The van der Waals surface area contributed by atoms with Crippen LogP contribution in [0.25, 0.3) is 0 Å². The molecule has 146 valence electrons. The van der Waals surface area contributed by atoms with Crippen LogP contribution in [-0.4, -0.2) is 28.9 Å². The molecule has 1 N–H and O–H groups in total. The van der Waals surface area contributed by atoms with Crippen molar-refractivity contribution in [2.75, 3.05) is 7.11 Å². The zero-order valence-electron chi connectivity index (χ0n) is 16.4. The lowest BCUT2D eigenvalue weighted by Gasteiger charge is -2.19. The van der Waals surface area contributed by atoms with Crippen LogP contribution in [0.4, 0.5) is 0 Å². The van der Waals surface area contributed by atoms with Gasteiger partial charge in [-0.2, -0.15) is 5.10 Å². The number of benzene rings is 1. The van der Waals surface area contributed by atoms with E-state index in [1.54, 1.807) is 18.0 Å². The summed E-state index contributed by atoms with van der Waals surface area (Å²) in [5.74, 6) is 1.49. The van der Waals surface area contributed by atoms with Gasteiger partial charge in [-0.1, -0.05) is 6.07 Å². The minimum atomic E-state index is -0.105. The third-order valence-corrected chi connectivity index (χ3v) is 4.99. The molecule has 2 aromatic rings. The number of carbonyl (C=O) groups is 1. The van der Waals surface area contributed by atoms with E-state index in [9.17, 15) is 4.79 Å². The lowest BCUT2D eigenvalue weighted by molar-refractivity contribution is -0.122. The van der Waals surface area contributed by atoms with Crippen LogP contribution in [0.1, 0.15) is 56.2 Å². The average molecular weight is 371 g/mol. The van der Waals surface area contributed by atoms with Crippen molar-refractivity contribution in [1.29, 1.82) is 0 Å². The van der Waals surface area contributed by atoms with Crippen LogP contribution < -0.4 is 14.8 Å². The van der Waals surface area contributed by atoms with Gasteiger partial charge in [0.1, 0.15) is 0 Å². The van der Waals surface area contributed by atoms with Gasteiger partial charge in [-0.05, 0) is 62.8 Å². The van der Waals surface area contributed by atoms with Gasteiger partial charge in [0.15, 0.2) is 11.5 Å². The Morgan fingerprint density at radius 1 is 1.33 bits per heavy atom. The Balaban J connectivity index is 1.56. The zero-order valence-corrected chi connectivity index (χ0v) is 16.4. The Morgan fingerprint density at radius 2 is 2.11 bits per heavy atom. The number of carbonyl (C=O) groups excluding carboxylic acids is 1. The molecule has 6 heteroatoms. The highest BCUT2D eigenvalue weighted by Gasteiger charge is 2.19. The maximum Gasteiger partial charge on any atom is 0.222 e. The van der Waals surface area contributed by atoms with E-state index in [1.165, 1.54) is 12.8 Å². The van der Waals surface area contributed by atoms with Crippen LogP contribution in [0, 0.1) is 6.92 Å². The van der Waals surface area contributed by atoms with Gasteiger partial charge in [0.05, 0.1) is 25.5 Å². The molecule has 1 heterocycles. The highest BCUT2D eigenvalue weighted by molar-refractivity contribution is 5.76. The van der Waals surface area contributed by atoms with E-state index in [4.69, 9.17) is 9.47 Å². The number of aromatic nitrogens is 2. The Kier molecular flexibility index (Phi) is 6.37. The van der Waals surface area contributed by atoms with Crippen molar-refractivity contribution in [3.63, 3.8) is 0 Å². The van der Waals surface area contributed by atoms with Crippen molar-refractivity contribution in [3.8, 4) is 11.5 Å². The number of methoxy groups -OCH3 is 1. The third-order valence-electron chi connectivity index (χ3n) is 4.99. The van der Waals surface area contributed by atoms with Crippen LogP contribution in [0.5, 0.6) is 11.5 Å². The fourth-order valence-corrected chi connectivity index (χ4v) is 3.44. The zero-order chi connectivity index (χ0) is 19.2. The third kappa shape index (κ3) is 5.25. The molecule has 1 aliphatic carbocycles. The molecule has 1 unspecified atom stereocenters. The van der Waals surface area contributed by atoms with Crippen molar-refractivity contribution in [2.24, 2.45) is 0 Å². The van der Waals surface area contributed by atoms with Crippen LogP contribution in [0.2, 0.25) is 0 Å². The number of nitrogens with one attached hydrogen (secondary N) is 1. The van der Waals surface area contributed by atoms with E-state index in [2.05, 4.69) is 10.4 Å². The van der Waals surface area contributed by atoms with Gasteiger partial charge in [-0.3, -0.25) is 9.48 Å². The molecular formula is C21H29N3O3. The van der Waals surface area contributed by atoms with Crippen LogP contribution in [0.15, 0.2) is 30.6 Å². The molecule has 6 nitrogen and oxygen atoms in total. The molecule has 1 saturated carbocycles. The van der Waals surface area contributed by atoms with E-state index in [0.29, 0.717) is 18.7 Å². The van der Waals surface area contributed by atoms with Crippen molar-refractivity contribution >= 4 is 5.91 Å². The maximum absolute atomic E-state index is 12.3. The smallest absolute Gasteiger partial charge is 0.222 e. The van der Waals surface area contributed by atoms with Gasteiger partial charge >= 0.3 is 0 Å². The highest BCUT2D eigenvalue weighted by Crippen LogP contribution is 2.33. The Bertz CT molecular complexity index is 766. The predicted octanol–water partition coefficient (Wildman–Crippen LogP) is 3.79. The first-order chi connectivity index (χ1) is 13.0. The number of nitrogens with zero attached hydrogens (tertiary/aromatic N) is 2. The second-order valence-corrected chi connectivity index (χ2v) is 7.25. The van der Waals surface area contributed by atoms with Crippen molar-refractivity contribution in [3.05, 3.63) is 41.7 Å². The summed E-state index contributed by atoms with van der Waals surface area (Å²) in [4.78, 5) is 12.3. The molecule has 27 heavy (non-hydrogen) atoms. The highest BCUT2D eigenvalue weighted by atomic mass is 16.5. The molecular weight excluding hydrogens is 342 g/mol. The molecule has 0 spiro atoms. The minimum absolute atomic E-state index is 0.000835. The second kappa shape index (κ2) is 8.93. The maximum atomic E-state index is 12.3. The van der Waals surface area contributed by atoms with Crippen LogP contribution in [-0.2, 0) is 11.3 Å². The Labute approximate surface area is 160 Å². The quantitative estimate of drug-likeness (QED) is 0.767. The van der Waals surface area contributed by atoms with Crippen molar-refractivity contribution in [1.82, 2.24) is 15.1 Å². The first-order valence-corrected chi connectivity index (χ1v) is 9.68. The summed E-state index contributed by atoms with van der Waals surface area (Å²) < 4.78 is 13.4. The largest absolute Gasteiger partial charge is 0.493 e. The molecule has 1 aliphatic rings. The summed E-state index contributed by atoms with van der Waals surface area (Å²) in [5, 5.41) is 7.25. The SMILES string of the molecule is COc1cc(C(C)NC(=O)CCn2cc(C)cn2)ccc1OC1CCCC1. The number of ether oxygens (including phenoxy) is 2. The Morgan fingerprint density at radius 3 is 2.78 bits per heavy atom. The summed E-state index contributed by atoms with van der Waals surface area (Å²) in [5.41, 5.74) is 2.09. The molecule has 0 bridgehead atoms. The van der Waals surface area contributed by atoms with Gasteiger partial charge in [0, 0.05) is 19.2 Å². The molecule has 1 fully saturated rings. The number of hydrogen-bond acceptors (Lipinski definition) is 4. The van der Waals surface area contributed by atoms with Gasteiger partial charge in [-0.15, -0.1) is 0 Å². The molecule has 1 amide bonds. The predicted molar refractivity (Wildman–Crippen MR) is 104 cm³/mol. The fraction of sp³-hybridized carbons (Fsp3) is 0.524. The van der Waals surface area contributed by atoms with Gasteiger partial charge in [0.25, 0.3) is 0 Å². The first kappa shape index (κ1) is 19.3. The first-order valence-electron chi connectivity index (χ1n) is 9.68. The molecule has 0 aliphatic heterocycles. The van der Waals surface area contributed by atoms with E-state index in [-0.39, 0.29) is 18.1 Å². The van der Waals surface area contributed by atoms with E-state index in [1.807, 2.05) is 38.2 Å². The lowest BCUT2D eigenvalue weighted by Crippen LogP contribution is -2.27. The standard InChI is InChI=1S/C21H29N3O3/c1-15-13-22-24(14-15)11-10-21(25)23-16(2)17-8-9-19(20(12-17)26-3)27-18-6-4-5-7-18/h8-9,12-14,16,18H,4-7,10-11H2,1-3H3,(H,23,25). The molecule has 3 rings (SSSR count). The molecule has 1 atom stereocenters. The van der Waals surface area contributed by atoms with Gasteiger partial charge in [0.2, 0.25) is 5.91 Å². The van der Waals surface area contributed by atoms with Gasteiger partial charge < -0.3 is 14.8 Å². The lowest BCUT2D eigenvalue weighted by atomic mass is 10.1. The van der Waals surface area contributed by atoms with Crippen LogP contribution >= 0.6 is 0 Å². The summed E-state index contributed by atoms with van der Waals surface area (Å²) in [6.45, 7) is 4.53. The van der Waals surface area contributed by atoms with E-state index < -0.39 is 0 Å². The Hall–Kier alpha value is -2.50. The second-order valence-electron chi connectivity index (χ2n) is 7.25. The summed E-state index contributed by atoms with van der Waals surface area (Å²) in [6, 6.07) is 5.79. The topological polar surface area (TPSA) is 65.4 Å². The summed E-state index contributed by atoms with van der Waals surface area (Å²) in [6.07, 6.45) is 9.07. The van der Waals surface area contributed by atoms with Crippen LogP contribution in [0.3, 0.4) is 0 Å². The number of aryl methyl sites for hydroxylation is 2. The van der Waals surface area contributed by atoms with E-state index >= 15 is 0 Å². The van der Waals surface area contributed by atoms with Gasteiger partial charge in [-0.25, -0.2) is 0 Å². The normalized spacial score (nSPS) is 15.5. The molecule has 0 saturated heterocycles. The van der Waals surface area contributed by atoms with E-state index in [0.717, 1.165) is 29.7 Å². The number of rotatable bonds is 8. The number of amides is 1. The fourth-order valence-electron chi connectivity index (χ4n) is 3.44. The molecule has 1 aromatic carbocycles.